The molecule has 1 fully saturated rings. The van der Waals surface area contributed by atoms with Gasteiger partial charge in [-0.2, -0.15) is 0 Å². The van der Waals surface area contributed by atoms with E-state index in [1.807, 2.05) is 13.8 Å². The third kappa shape index (κ3) is 13.0. The molecule has 0 atom stereocenters. The molecule has 0 aromatic heterocycles. The van der Waals surface area contributed by atoms with E-state index in [-0.39, 0.29) is 11.9 Å². The van der Waals surface area contributed by atoms with Gasteiger partial charge in [0.25, 0.3) is 0 Å². The van der Waals surface area contributed by atoms with E-state index in [2.05, 4.69) is 15.1 Å². The Kier molecular flexibility index (Phi) is 13.8. The Balaban J connectivity index is 1.99. The Bertz CT molecular complexity index is 429. The molecule has 0 saturated carbocycles. The molecule has 9 heteroatoms. The number of nitrogens with two attached hydrogens (primary N) is 1. The van der Waals surface area contributed by atoms with Crippen molar-refractivity contribution in [3.05, 3.63) is 0 Å². The monoisotopic (exact) mass is 402 g/mol. The first-order chi connectivity index (χ1) is 13.5. The van der Waals surface area contributed by atoms with Crippen LogP contribution in [0.25, 0.3) is 0 Å². The summed E-state index contributed by atoms with van der Waals surface area (Å²) in [6.07, 6.45) is 0.468. The SMILES string of the molecule is CC(C)CC(=O)OCCN1CCN(CC(=O)NCCOCCOCCN)CC1. The number of esters is 1. The second-order valence-corrected chi connectivity index (χ2v) is 7.30. The Labute approximate surface area is 168 Å². The molecule has 0 aliphatic carbocycles. The third-order valence-electron chi connectivity index (χ3n) is 4.28. The number of amides is 1. The Morgan fingerprint density at radius 3 is 2.25 bits per heavy atom. The van der Waals surface area contributed by atoms with Crippen LogP contribution in [0.1, 0.15) is 20.3 Å². The van der Waals surface area contributed by atoms with E-state index in [9.17, 15) is 9.59 Å². The minimum absolute atomic E-state index is 0.0130. The van der Waals surface area contributed by atoms with Gasteiger partial charge in [-0.15, -0.1) is 0 Å². The number of hydrogen-bond acceptors (Lipinski definition) is 8. The van der Waals surface area contributed by atoms with Gasteiger partial charge in [0.2, 0.25) is 5.91 Å². The second kappa shape index (κ2) is 15.6. The van der Waals surface area contributed by atoms with Crippen molar-refractivity contribution in [2.75, 3.05) is 85.4 Å². The molecule has 0 aromatic rings. The highest BCUT2D eigenvalue weighted by molar-refractivity contribution is 5.78. The topological polar surface area (TPSA) is 106 Å². The van der Waals surface area contributed by atoms with Gasteiger partial charge >= 0.3 is 5.97 Å². The van der Waals surface area contributed by atoms with Gasteiger partial charge in [-0.1, -0.05) is 13.8 Å². The van der Waals surface area contributed by atoms with Crippen LogP contribution in [0.2, 0.25) is 0 Å². The first kappa shape index (κ1) is 24.8. The first-order valence-corrected chi connectivity index (χ1v) is 10.2. The van der Waals surface area contributed by atoms with Crippen LogP contribution in [-0.2, 0) is 23.8 Å². The van der Waals surface area contributed by atoms with E-state index in [1.54, 1.807) is 0 Å². The quantitative estimate of drug-likeness (QED) is 0.274. The maximum Gasteiger partial charge on any atom is 0.306 e. The van der Waals surface area contributed by atoms with Crippen molar-refractivity contribution in [3.8, 4) is 0 Å². The van der Waals surface area contributed by atoms with Gasteiger partial charge in [0, 0.05) is 52.2 Å². The lowest BCUT2D eigenvalue weighted by Gasteiger charge is -2.34. The zero-order valence-corrected chi connectivity index (χ0v) is 17.5. The van der Waals surface area contributed by atoms with Crippen molar-refractivity contribution < 1.29 is 23.8 Å². The molecule has 1 saturated heterocycles. The summed E-state index contributed by atoms with van der Waals surface area (Å²) in [6, 6.07) is 0. The van der Waals surface area contributed by atoms with E-state index in [0.29, 0.717) is 65.0 Å². The van der Waals surface area contributed by atoms with Crippen molar-refractivity contribution in [2.45, 2.75) is 20.3 Å². The lowest BCUT2D eigenvalue weighted by atomic mass is 10.1. The molecule has 0 spiro atoms. The zero-order chi connectivity index (χ0) is 20.6. The maximum absolute atomic E-state index is 12.0. The molecule has 28 heavy (non-hydrogen) atoms. The molecule has 9 nitrogen and oxygen atoms in total. The summed E-state index contributed by atoms with van der Waals surface area (Å²) in [7, 11) is 0. The number of carbonyl (C=O) groups is 2. The largest absolute Gasteiger partial charge is 0.464 e. The lowest BCUT2D eigenvalue weighted by molar-refractivity contribution is -0.145. The van der Waals surface area contributed by atoms with Crippen LogP contribution >= 0.6 is 0 Å². The van der Waals surface area contributed by atoms with Crippen LogP contribution < -0.4 is 11.1 Å². The van der Waals surface area contributed by atoms with Crippen LogP contribution in [0.4, 0.5) is 0 Å². The number of rotatable bonds is 15. The fourth-order valence-corrected chi connectivity index (χ4v) is 2.78. The molecule has 0 unspecified atom stereocenters. The Morgan fingerprint density at radius 1 is 0.964 bits per heavy atom. The van der Waals surface area contributed by atoms with Gasteiger partial charge in [0.15, 0.2) is 0 Å². The predicted octanol–water partition coefficient (Wildman–Crippen LogP) is -0.699. The molecule has 1 aliphatic rings. The van der Waals surface area contributed by atoms with Crippen LogP contribution in [0.3, 0.4) is 0 Å². The van der Waals surface area contributed by atoms with Crippen LogP contribution in [0.15, 0.2) is 0 Å². The number of carbonyl (C=O) groups excluding carboxylic acids is 2. The second-order valence-electron chi connectivity index (χ2n) is 7.30. The summed E-state index contributed by atoms with van der Waals surface area (Å²) in [5.74, 6) is 0.209. The molecule has 3 N–H and O–H groups in total. The lowest BCUT2D eigenvalue weighted by Crippen LogP contribution is -2.50. The van der Waals surface area contributed by atoms with Gasteiger partial charge in [-0.3, -0.25) is 19.4 Å². The number of ether oxygens (including phenoxy) is 3. The summed E-state index contributed by atoms with van der Waals surface area (Å²) in [5.41, 5.74) is 5.32. The molecule has 1 aliphatic heterocycles. The minimum atomic E-state index is -0.127. The molecule has 1 heterocycles. The smallest absolute Gasteiger partial charge is 0.306 e. The Hall–Kier alpha value is -1.26. The van der Waals surface area contributed by atoms with Gasteiger partial charge < -0.3 is 25.3 Å². The average Bonchev–Trinajstić information content (AvgIpc) is 2.65. The van der Waals surface area contributed by atoms with Gasteiger partial charge in [0.1, 0.15) is 6.61 Å². The van der Waals surface area contributed by atoms with Crippen LogP contribution in [0.5, 0.6) is 0 Å². The van der Waals surface area contributed by atoms with E-state index >= 15 is 0 Å². The van der Waals surface area contributed by atoms with Gasteiger partial charge in [-0.25, -0.2) is 0 Å². The highest BCUT2D eigenvalue weighted by atomic mass is 16.5. The highest BCUT2D eigenvalue weighted by Crippen LogP contribution is 2.03. The van der Waals surface area contributed by atoms with E-state index in [0.717, 1.165) is 32.7 Å². The highest BCUT2D eigenvalue weighted by Gasteiger charge is 2.19. The van der Waals surface area contributed by atoms with E-state index in [1.165, 1.54) is 0 Å². The van der Waals surface area contributed by atoms with Crippen molar-refractivity contribution in [1.82, 2.24) is 15.1 Å². The first-order valence-electron chi connectivity index (χ1n) is 10.2. The molecule has 0 bridgehead atoms. The standard InChI is InChI=1S/C19H38N4O5/c1-17(2)15-19(25)28-12-9-22-5-7-23(8-6-22)16-18(24)21-4-11-27-14-13-26-10-3-20/h17H,3-16,20H2,1-2H3,(H,21,24). The summed E-state index contributed by atoms with van der Waals surface area (Å²) in [5, 5.41) is 2.87. The fraction of sp³-hybridized carbons (Fsp3) is 0.895. The molecule has 0 aromatic carbocycles. The minimum Gasteiger partial charge on any atom is -0.464 e. The Morgan fingerprint density at radius 2 is 1.61 bits per heavy atom. The third-order valence-corrected chi connectivity index (χ3v) is 4.28. The molecule has 1 amide bonds. The molecule has 164 valence electrons. The fourth-order valence-electron chi connectivity index (χ4n) is 2.78. The molecule has 1 rings (SSSR count). The van der Waals surface area contributed by atoms with Crippen molar-refractivity contribution in [3.63, 3.8) is 0 Å². The molecule has 0 radical (unpaired) electrons. The maximum atomic E-state index is 12.0. The van der Waals surface area contributed by atoms with Crippen molar-refractivity contribution in [1.29, 1.82) is 0 Å². The average molecular weight is 403 g/mol. The zero-order valence-electron chi connectivity index (χ0n) is 17.5. The van der Waals surface area contributed by atoms with Crippen molar-refractivity contribution in [2.24, 2.45) is 11.7 Å². The van der Waals surface area contributed by atoms with Gasteiger partial charge in [0.05, 0.1) is 33.0 Å². The molecular weight excluding hydrogens is 364 g/mol. The number of nitrogens with one attached hydrogen (secondary N) is 1. The van der Waals surface area contributed by atoms with E-state index < -0.39 is 0 Å². The number of nitrogens with zero attached hydrogens (tertiary/aromatic N) is 2. The predicted molar refractivity (Wildman–Crippen MR) is 107 cm³/mol. The normalized spacial score (nSPS) is 15.7. The van der Waals surface area contributed by atoms with Gasteiger partial charge in [-0.05, 0) is 5.92 Å². The summed E-state index contributed by atoms with van der Waals surface area (Å²) >= 11 is 0. The molecular formula is C19H38N4O5. The summed E-state index contributed by atoms with van der Waals surface area (Å²) < 4.78 is 15.8. The van der Waals surface area contributed by atoms with E-state index in [4.69, 9.17) is 19.9 Å². The number of piperazine rings is 1. The summed E-state index contributed by atoms with van der Waals surface area (Å²) in [6.45, 7) is 12.1. The number of hydrogen-bond donors (Lipinski definition) is 2. The summed E-state index contributed by atoms with van der Waals surface area (Å²) in [4.78, 5) is 27.9. The van der Waals surface area contributed by atoms with Crippen molar-refractivity contribution >= 4 is 11.9 Å². The van der Waals surface area contributed by atoms with Crippen LogP contribution in [-0.4, -0.2) is 107 Å². The van der Waals surface area contributed by atoms with Crippen LogP contribution in [0, 0.1) is 5.92 Å².